The standard InChI is InChI=1S/C17H12Cl2N2O2S/c1-23-15-5-3-2-4-12(15)14-9-24-17(20-14)21-16(22)11-7-6-10(18)8-13(11)19/h2-9H,1H3,(H,20,21,22). The molecule has 3 rings (SSSR count). The molecule has 0 unspecified atom stereocenters. The van der Waals surface area contributed by atoms with Gasteiger partial charge in [-0.1, -0.05) is 35.3 Å². The molecular formula is C17H12Cl2N2O2S. The Morgan fingerprint density at radius 1 is 1.21 bits per heavy atom. The second-order valence-electron chi connectivity index (χ2n) is 4.82. The van der Waals surface area contributed by atoms with Gasteiger partial charge in [0.25, 0.3) is 5.91 Å². The molecule has 122 valence electrons. The average molecular weight is 379 g/mol. The summed E-state index contributed by atoms with van der Waals surface area (Å²) in [6.07, 6.45) is 0. The van der Waals surface area contributed by atoms with Crippen molar-refractivity contribution in [3.8, 4) is 17.0 Å². The minimum atomic E-state index is -0.336. The molecule has 1 amide bonds. The van der Waals surface area contributed by atoms with E-state index in [2.05, 4.69) is 10.3 Å². The highest BCUT2D eigenvalue weighted by molar-refractivity contribution is 7.14. The zero-order valence-electron chi connectivity index (χ0n) is 12.5. The smallest absolute Gasteiger partial charge is 0.258 e. The van der Waals surface area contributed by atoms with Gasteiger partial charge in [-0.25, -0.2) is 4.98 Å². The average Bonchev–Trinajstić information content (AvgIpc) is 3.03. The summed E-state index contributed by atoms with van der Waals surface area (Å²) in [5.74, 6) is 0.388. The zero-order chi connectivity index (χ0) is 17.1. The predicted octanol–water partition coefficient (Wildman–Crippen LogP) is 5.38. The number of para-hydroxylation sites is 1. The van der Waals surface area contributed by atoms with E-state index < -0.39 is 0 Å². The fourth-order valence-corrected chi connectivity index (χ4v) is 3.35. The summed E-state index contributed by atoms with van der Waals surface area (Å²) in [5, 5.41) is 5.85. The number of hydrogen-bond donors (Lipinski definition) is 1. The van der Waals surface area contributed by atoms with Crippen molar-refractivity contribution < 1.29 is 9.53 Å². The SMILES string of the molecule is COc1ccccc1-c1csc(NC(=O)c2ccc(Cl)cc2Cl)n1. The molecule has 0 bridgehead atoms. The van der Waals surface area contributed by atoms with Crippen LogP contribution in [0.3, 0.4) is 0 Å². The maximum Gasteiger partial charge on any atom is 0.258 e. The van der Waals surface area contributed by atoms with Crippen LogP contribution in [-0.2, 0) is 0 Å². The van der Waals surface area contributed by atoms with Crippen molar-refractivity contribution in [2.45, 2.75) is 0 Å². The molecule has 2 aromatic carbocycles. The normalized spacial score (nSPS) is 10.5. The lowest BCUT2D eigenvalue weighted by Crippen LogP contribution is -2.12. The first kappa shape index (κ1) is 16.8. The van der Waals surface area contributed by atoms with Crippen molar-refractivity contribution in [1.29, 1.82) is 0 Å². The minimum Gasteiger partial charge on any atom is -0.496 e. The molecule has 0 saturated heterocycles. The van der Waals surface area contributed by atoms with Crippen molar-refractivity contribution in [3.05, 3.63) is 63.5 Å². The van der Waals surface area contributed by atoms with Crippen LogP contribution in [0.1, 0.15) is 10.4 Å². The Balaban J connectivity index is 1.82. The van der Waals surface area contributed by atoms with Crippen LogP contribution in [0.25, 0.3) is 11.3 Å². The van der Waals surface area contributed by atoms with E-state index in [0.717, 1.165) is 17.0 Å². The number of benzene rings is 2. The van der Waals surface area contributed by atoms with Gasteiger partial charge in [-0.3, -0.25) is 10.1 Å². The fourth-order valence-electron chi connectivity index (χ4n) is 2.15. The number of ether oxygens (including phenoxy) is 1. The molecule has 4 nitrogen and oxygen atoms in total. The summed E-state index contributed by atoms with van der Waals surface area (Å²) in [7, 11) is 1.61. The highest BCUT2D eigenvalue weighted by atomic mass is 35.5. The quantitative estimate of drug-likeness (QED) is 0.662. The number of halogens is 2. The lowest BCUT2D eigenvalue weighted by Gasteiger charge is -2.05. The first-order valence-electron chi connectivity index (χ1n) is 6.94. The van der Waals surface area contributed by atoms with Crippen LogP contribution in [0.4, 0.5) is 5.13 Å². The summed E-state index contributed by atoms with van der Waals surface area (Å²) in [5.41, 5.74) is 1.94. The highest BCUT2D eigenvalue weighted by Gasteiger charge is 2.14. The van der Waals surface area contributed by atoms with Crippen LogP contribution in [0.2, 0.25) is 10.0 Å². The van der Waals surface area contributed by atoms with Crippen LogP contribution in [-0.4, -0.2) is 18.0 Å². The van der Waals surface area contributed by atoms with E-state index in [1.165, 1.54) is 17.4 Å². The number of anilines is 1. The number of hydrogen-bond acceptors (Lipinski definition) is 4. The molecule has 0 radical (unpaired) electrons. The van der Waals surface area contributed by atoms with Crippen LogP contribution < -0.4 is 10.1 Å². The van der Waals surface area contributed by atoms with Crippen molar-refractivity contribution >= 4 is 45.6 Å². The first-order valence-corrected chi connectivity index (χ1v) is 8.57. The van der Waals surface area contributed by atoms with Crippen LogP contribution in [0, 0.1) is 0 Å². The number of nitrogens with one attached hydrogen (secondary N) is 1. The van der Waals surface area contributed by atoms with Crippen LogP contribution >= 0.6 is 34.5 Å². The molecule has 1 heterocycles. The lowest BCUT2D eigenvalue weighted by molar-refractivity contribution is 0.102. The van der Waals surface area contributed by atoms with Crippen molar-refractivity contribution in [3.63, 3.8) is 0 Å². The topological polar surface area (TPSA) is 51.2 Å². The number of methoxy groups -OCH3 is 1. The predicted molar refractivity (Wildman–Crippen MR) is 98.5 cm³/mol. The Hall–Kier alpha value is -2.08. The molecule has 0 saturated carbocycles. The molecule has 0 atom stereocenters. The second kappa shape index (κ2) is 7.21. The minimum absolute atomic E-state index is 0.293. The third-order valence-corrected chi connectivity index (χ3v) is 4.59. The van der Waals surface area contributed by atoms with E-state index >= 15 is 0 Å². The van der Waals surface area contributed by atoms with Gasteiger partial charge >= 0.3 is 0 Å². The summed E-state index contributed by atoms with van der Waals surface area (Å²) in [6.45, 7) is 0. The van der Waals surface area contributed by atoms with Crippen molar-refractivity contribution in [1.82, 2.24) is 4.98 Å². The highest BCUT2D eigenvalue weighted by Crippen LogP contribution is 2.32. The van der Waals surface area contributed by atoms with Gasteiger partial charge < -0.3 is 4.74 Å². The lowest BCUT2D eigenvalue weighted by atomic mass is 10.1. The molecule has 0 aliphatic rings. The van der Waals surface area contributed by atoms with Gasteiger partial charge in [0, 0.05) is 16.0 Å². The molecule has 0 aliphatic heterocycles. The molecule has 0 fully saturated rings. The Kier molecular flexibility index (Phi) is 5.04. The largest absolute Gasteiger partial charge is 0.496 e. The number of carbonyl (C=O) groups excluding carboxylic acids is 1. The molecule has 7 heteroatoms. The van der Waals surface area contributed by atoms with E-state index in [-0.39, 0.29) is 5.91 Å². The molecule has 24 heavy (non-hydrogen) atoms. The van der Waals surface area contributed by atoms with Gasteiger partial charge in [-0.05, 0) is 30.3 Å². The number of rotatable bonds is 4. The molecular weight excluding hydrogens is 367 g/mol. The Labute approximate surface area is 153 Å². The number of carbonyl (C=O) groups is 1. The molecule has 0 aliphatic carbocycles. The van der Waals surface area contributed by atoms with Crippen molar-refractivity contribution in [2.24, 2.45) is 0 Å². The van der Waals surface area contributed by atoms with E-state index in [1.54, 1.807) is 19.2 Å². The van der Waals surface area contributed by atoms with E-state index in [1.807, 2.05) is 29.6 Å². The van der Waals surface area contributed by atoms with Gasteiger partial charge in [-0.15, -0.1) is 11.3 Å². The summed E-state index contributed by atoms with van der Waals surface area (Å²) in [6, 6.07) is 12.3. The van der Waals surface area contributed by atoms with Gasteiger partial charge in [-0.2, -0.15) is 0 Å². The van der Waals surface area contributed by atoms with E-state index in [0.29, 0.717) is 20.7 Å². The summed E-state index contributed by atoms with van der Waals surface area (Å²) < 4.78 is 5.33. The van der Waals surface area contributed by atoms with E-state index in [4.69, 9.17) is 27.9 Å². The Morgan fingerprint density at radius 3 is 2.75 bits per heavy atom. The molecule has 0 spiro atoms. The number of aromatic nitrogens is 1. The van der Waals surface area contributed by atoms with Gasteiger partial charge in [0.05, 0.1) is 23.4 Å². The first-order chi connectivity index (χ1) is 11.6. The number of thiazole rings is 1. The Morgan fingerprint density at radius 2 is 2.00 bits per heavy atom. The van der Waals surface area contributed by atoms with Crippen molar-refractivity contribution in [2.75, 3.05) is 12.4 Å². The molecule has 3 aromatic rings. The van der Waals surface area contributed by atoms with Gasteiger partial charge in [0.1, 0.15) is 5.75 Å². The molecule has 1 aromatic heterocycles. The maximum atomic E-state index is 12.3. The number of nitrogens with zero attached hydrogens (tertiary/aromatic N) is 1. The van der Waals surface area contributed by atoms with Crippen LogP contribution in [0.15, 0.2) is 47.8 Å². The number of amides is 1. The van der Waals surface area contributed by atoms with Gasteiger partial charge in [0.15, 0.2) is 5.13 Å². The Bertz CT molecular complexity index is 896. The third kappa shape index (κ3) is 3.53. The van der Waals surface area contributed by atoms with Gasteiger partial charge in [0.2, 0.25) is 0 Å². The monoisotopic (exact) mass is 378 g/mol. The second-order valence-corrected chi connectivity index (χ2v) is 6.52. The zero-order valence-corrected chi connectivity index (χ0v) is 14.9. The maximum absolute atomic E-state index is 12.3. The summed E-state index contributed by atoms with van der Waals surface area (Å²) in [4.78, 5) is 16.8. The van der Waals surface area contributed by atoms with Crippen LogP contribution in [0.5, 0.6) is 5.75 Å². The van der Waals surface area contributed by atoms with E-state index in [9.17, 15) is 4.79 Å². The summed E-state index contributed by atoms with van der Waals surface area (Å²) >= 11 is 13.2. The molecule has 1 N–H and O–H groups in total. The fraction of sp³-hybridized carbons (Fsp3) is 0.0588. The third-order valence-electron chi connectivity index (χ3n) is 3.28.